The molecule has 3 aromatic rings. The molecule has 0 amide bonds. The highest BCUT2D eigenvalue weighted by atomic mass is 16.5. The molecule has 0 radical (unpaired) electrons. The number of aromatic nitrogens is 3. The predicted molar refractivity (Wildman–Crippen MR) is 74.2 cm³/mol. The standard InChI is InChI=1S/C14H14N4O/c1-9-13(15)14(18(2)17-9)19-11-7-10-5-3-4-6-12(10)16-8-11/h3-8H,15H2,1-2H3. The quantitative estimate of drug-likeness (QED) is 0.763. The van der Waals surface area contributed by atoms with Gasteiger partial charge >= 0.3 is 0 Å². The summed E-state index contributed by atoms with van der Waals surface area (Å²) >= 11 is 0. The smallest absolute Gasteiger partial charge is 0.241 e. The van der Waals surface area contributed by atoms with Crippen LogP contribution in [0.1, 0.15) is 5.69 Å². The third-order valence-corrected chi connectivity index (χ3v) is 2.99. The van der Waals surface area contributed by atoms with Crippen LogP contribution in [-0.2, 0) is 7.05 Å². The highest BCUT2D eigenvalue weighted by Crippen LogP contribution is 2.29. The molecule has 96 valence electrons. The van der Waals surface area contributed by atoms with Crippen LogP contribution in [0.2, 0.25) is 0 Å². The van der Waals surface area contributed by atoms with E-state index < -0.39 is 0 Å². The molecular weight excluding hydrogens is 240 g/mol. The summed E-state index contributed by atoms with van der Waals surface area (Å²) in [6.45, 7) is 1.85. The molecule has 19 heavy (non-hydrogen) atoms. The van der Waals surface area contributed by atoms with Crippen molar-refractivity contribution in [1.29, 1.82) is 0 Å². The molecule has 0 aliphatic carbocycles. The second-order valence-corrected chi connectivity index (χ2v) is 4.39. The number of benzene rings is 1. The van der Waals surface area contributed by atoms with E-state index >= 15 is 0 Å². The number of ether oxygens (including phenoxy) is 1. The molecule has 0 atom stereocenters. The van der Waals surface area contributed by atoms with Gasteiger partial charge in [-0.3, -0.25) is 4.98 Å². The van der Waals surface area contributed by atoms with Crippen molar-refractivity contribution in [1.82, 2.24) is 14.8 Å². The molecule has 2 heterocycles. The van der Waals surface area contributed by atoms with Crippen LogP contribution in [0.3, 0.4) is 0 Å². The molecule has 5 nitrogen and oxygen atoms in total. The van der Waals surface area contributed by atoms with Crippen LogP contribution in [0.15, 0.2) is 36.5 Å². The maximum absolute atomic E-state index is 5.94. The van der Waals surface area contributed by atoms with Crippen LogP contribution in [-0.4, -0.2) is 14.8 Å². The number of aryl methyl sites for hydroxylation is 2. The lowest BCUT2D eigenvalue weighted by Gasteiger charge is -2.07. The summed E-state index contributed by atoms with van der Waals surface area (Å²) in [5, 5.41) is 5.24. The zero-order valence-electron chi connectivity index (χ0n) is 10.8. The first-order valence-electron chi connectivity index (χ1n) is 5.97. The lowest BCUT2D eigenvalue weighted by atomic mass is 10.2. The first-order valence-corrected chi connectivity index (χ1v) is 5.97. The van der Waals surface area contributed by atoms with Crippen LogP contribution >= 0.6 is 0 Å². The molecule has 0 aliphatic rings. The van der Waals surface area contributed by atoms with Gasteiger partial charge < -0.3 is 10.5 Å². The molecule has 0 fully saturated rings. The van der Waals surface area contributed by atoms with E-state index in [9.17, 15) is 0 Å². The molecule has 2 aromatic heterocycles. The number of anilines is 1. The van der Waals surface area contributed by atoms with E-state index in [0.29, 0.717) is 17.3 Å². The SMILES string of the molecule is Cc1nn(C)c(Oc2cnc3ccccc3c2)c1N. The van der Waals surface area contributed by atoms with Crippen molar-refractivity contribution in [2.75, 3.05) is 5.73 Å². The Hall–Kier alpha value is -2.56. The molecule has 0 unspecified atom stereocenters. The van der Waals surface area contributed by atoms with Gasteiger partial charge in [0.1, 0.15) is 11.4 Å². The van der Waals surface area contributed by atoms with E-state index in [0.717, 1.165) is 16.6 Å². The number of para-hydroxylation sites is 1. The summed E-state index contributed by atoms with van der Waals surface area (Å²) in [7, 11) is 1.80. The fourth-order valence-corrected chi connectivity index (χ4v) is 1.99. The summed E-state index contributed by atoms with van der Waals surface area (Å²) in [4.78, 5) is 4.35. The molecule has 0 saturated carbocycles. The molecule has 2 N–H and O–H groups in total. The summed E-state index contributed by atoms with van der Waals surface area (Å²) in [6, 6.07) is 9.81. The highest BCUT2D eigenvalue weighted by Gasteiger charge is 2.12. The van der Waals surface area contributed by atoms with Gasteiger partial charge in [0.25, 0.3) is 0 Å². The van der Waals surface area contributed by atoms with Gasteiger partial charge in [-0.05, 0) is 19.1 Å². The first kappa shape index (κ1) is 11.5. The first-order chi connectivity index (χ1) is 9.15. The van der Waals surface area contributed by atoms with Crippen molar-refractivity contribution in [3.05, 3.63) is 42.2 Å². The Balaban J connectivity index is 2.01. The summed E-state index contributed by atoms with van der Waals surface area (Å²) < 4.78 is 7.41. The summed E-state index contributed by atoms with van der Waals surface area (Å²) in [5.41, 5.74) is 8.18. The van der Waals surface area contributed by atoms with E-state index in [4.69, 9.17) is 10.5 Å². The number of hydrogen-bond acceptors (Lipinski definition) is 4. The largest absolute Gasteiger partial charge is 0.436 e. The van der Waals surface area contributed by atoms with Crippen LogP contribution in [0.25, 0.3) is 10.9 Å². The van der Waals surface area contributed by atoms with Gasteiger partial charge in [0.2, 0.25) is 5.88 Å². The zero-order valence-corrected chi connectivity index (χ0v) is 10.8. The Morgan fingerprint density at radius 3 is 2.79 bits per heavy atom. The maximum Gasteiger partial charge on any atom is 0.241 e. The number of fused-ring (bicyclic) bond motifs is 1. The number of hydrogen-bond donors (Lipinski definition) is 1. The van der Waals surface area contributed by atoms with Crippen molar-refractivity contribution < 1.29 is 4.74 Å². The lowest BCUT2D eigenvalue weighted by molar-refractivity contribution is 0.431. The third kappa shape index (κ3) is 1.99. The lowest BCUT2D eigenvalue weighted by Crippen LogP contribution is -1.97. The monoisotopic (exact) mass is 254 g/mol. The molecule has 3 rings (SSSR count). The Kier molecular flexibility index (Phi) is 2.59. The minimum absolute atomic E-state index is 0.537. The zero-order chi connectivity index (χ0) is 13.4. The molecular formula is C14H14N4O. The van der Waals surface area contributed by atoms with Crippen LogP contribution in [0.5, 0.6) is 11.6 Å². The van der Waals surface area contributed by atoms with Crippen molar-refractivity contribution in [2.45, 2.75) is 6.92 Å². The Morgan fingerprint density at radius 1 is 1.26 bits per heavy atom. The molecule has 0 aliphatic heterocycles. The number of nitrogen functional groups attached to an aromatic ring is 1. The van der Waals surface area contributed by atoms with Crippen molar-refractivity contribution in [3.8, 4) is 11.6 Å². The second-order valence-electron chi connectivity index (χ2n) is 4.39. The summed E-state index contributed by atoms with van der Waals surface area (Å²) in [6.07, 6.45) is 1.68. The normalized spacial score (nSPS) is 10.8. The number of pyridine rings is 1. The number of nitrogens with two attached hydrogens (primary N) is 1. The molecule has 0 spiro atoms. The van der Waals surface area contributed by atoms with Gasteiger partial charge in [0, 0.05) is 12.4 Å². The van der Waals surface area contributed by atoms with E-state index in [1.165, 1.54) is 0 Å². The average molecular weight is 254 g/mol. The predicted octanol–water partition coefficient (Wildman–Crippen LogP) is 2.65. The fourth-order valence-electron chi connectivity index (χ4n) is 1.99. The van der Waals surface area contributed by atoms with Crippen molar-refractivity contribution in [3.63, 3.8) is 0 Å². The van der Waals surface area contributed by atoms with Gasteiger partial charge in [0.05, 0.1) is 17.4 Å². The summed E-state index contributed by atoms with van der Waals surface area (Å²) in [5.74, 6) is 1.18. The van der Waals surface area contributed by atoms with Gasteiger partial charge in [-0.1, -0.05) is 18.2 Å². The number of nitrogens with zero attached hydrogens (tertiary/aromatic N) is 3. The highest BCUT2D eigenvalue weighted by molar-refractivity contribution is 5.79. The Labute approximate surface area is 110 Å². The van der Waals surface area contributed by atoms with Crippen molar-refractivity contribution in [2.24, 2.45) is 7.05 Å². The van der Waals surface area contributed by atoms with Crippen LogP contribution in [0, 0.1) is 6.92 Å². The fraction of sp³-hybridized carbons (Fsp3) is 0.143. The van der Waals surface area contributed by atoms with Gasteiger partial charge in [0.15, 0.2) is 0 Å². The third-order valence-electron chi connectivity index (χ3n) is 2.99. The maximum atomic E-state index is 5.94. The second kappa shape index (κ2) is 4.28. The van der Waals surface area contributed by atoms with E-state index in [1.54, 1.807) is 17.9 Å². The van der Waals surface area contributed by atoms with Gasteiger partial charge in [-0.25, -0.2) is 4.68 Å². The number of rotatable bonds is 2. The Morgan fingerprint density at radius 2 is 2.05 bits per heavy atom. The topological polar surface area (TPSA) is 66.0 Å². The van der Waals surface area contributed by atoms with Crippen LogP contribution < -0.4 is 10.5 Å². The molecule has 5 heteroatoms. The van der Waals surface area contributed by atoms with E-state index in [-0.39, 0.29) is 0 Å². The van der Waals surface area contributed by atoms with Gasteiger partial charge in [-0.15, -0.1) is 0 Å². The average Bonchev–Trinajstić information content (AvgIpc) is 2.65. The molecule has 0 bridgehead atoms. The minimum Gasteiger partial charge on any atom is -0.436 e. The van der Waals surface area contributed by atoms with Crippen molar-refractivity contribution >= 4 is 16.6 Å². The molecule has 1 aromatic carbocycles. The van der Waals surface area contributed by atoms with Gasteiger partial charge in [-0.2, -0.15) is 5.10 Å². The van der Waals surface area contributed by atoms with E-state index in [1.807, 2.05) is 37.3 Å². The van der Waals surface area contributed by atoms with E-state index in [2.05, 4.69) is 10.1 Å². The Bertz CT molecular complexity index is 748. The molecule has 0 saturated heterocycles. The van der Waals surface area contributed by atoms with Crippen LogP contribution in [0.4, 0.5) is 5.69 Å². The minimum atomic E-state index is 0.537.